The average Bonchev–Trinajstić information content (AvgIpc) is 2.94. The standard InChI is InChI=1S/2C9H19NO.2C7H16N2O/c2*1-3-4-5-6-7-9(10)8(2)11;2*1-6(10)7(9)4-2-3-5-8/h2*9H,3-7,10H2,1-2H3;2*7H,2-5,8-9H2,1H3/t2*9-;2*7-/m1010/s1. The molecule has 4 atom stereocenters. The van der Waals surface area contributed by atoms with Gasteiger partial charge in [0.1, 0.15) is 23.1 Å². The number of unbranched alkanes of at least 4 members (excludes halogenated alkanes) is 8. The second-order valence-corrected chi connectivity index (χ2v) is 11.1. The third kappa shape index (κ3) is 40.6. The third-order valence-corrected chi connectivity index (χ3v) is 6.76. The highest BCUT2D eigenvalue weighted by Gasteiger charge is 2.08. The molecule has 0 heterocycles. The van der Waals surface area contributed by atoms with Gasteiger partial charge in [-0.1, -0.05) is 78.1 Å². The highest BCUT2D eigenvalue weighted by molar-refractivity contribution is 5.82. The summed E-state index contributed by atoms with van der Waals surface area (Å²) in [6, 6.07) is -0.975. The number of hydrogen-bond acceptors (Lipinski definition) is 10. The van der Waals surface area contributed by atoms with Crippen LogP contribution in [0.1, 0.15) is 144 Å². The molecule has 10 heteroatoms. The molecule has 0 rings (SSSR count). The van der Waals surface area contributed by atoms with Crippen molar-refractivity contribution in [3.05, 3.63) is 0 Å². The first-order chi connectivity index (χ1) is 19.7. The minimum atomic E-state index is -0.272. The predicted molar refractivity (Wildman–Crippen MR) is 178 cm³/mol. The van der Waals surface area contributed by atoms with Gasteiger partial charge in [0.15, 0.2) is 0 Å². The Morgan fingerprint density at radius 2 is 0.619 bits per heavy atom. The van der Waals surface area contributed by atoms with Crippen LogP contribution < -0.4 is 34.4 Å². The molecule has 0 saturated heterocycles. The van der Waals surface area contributed by atoms with Crippen LogP contribution >= 0.6 is 0 Å². The molecule has 0 aliphatic carbocycles. The van der Waals surface area contributed by atoms with E-state index < -0.39 is 0 Å². The molecule has 0 radical (unpaired) electrons. The molecule has 0 bridgehead atoms. The van der Waals surface area contributed by atoms with Gasteiger partial charge in [0.25, 0.3) is 0 Å². The number of hydrogen-bond donors (Lipinski definition) is 6. The molecule has 252 valence electrons. The van der Waals surface area contributed by atoms with Crippen molar-refractivity contribution in [1.82, 2.24) is 0 Å². The minimum Gasteiger partial charge on any atom is -0.330 e. The SMILES string of the molecule is CC(=O)[C@@H](N)CCCCN.CC(=O)[C@H](N)CCCCN.CCCCCC[C@@H](N)C(C)=O.CCCCCC[C@H](N)C(C)=O. The third-order valence-electron chi connectivity index (χ3n) is 6.76. The summed E-state index contributed by atoms with van der Waals surface area (Å²) in [4.78, 5) is 42.5. The van der Waals surface area contributed by atoms with Crippen LogP contribution in [0.4, 0.5) is 0 Å². The Labute approximate surface area is 258 Å². The lowest BCUT2D eigenvalue weighted by atomic mass is 10.1. The Balaban J connectivity index is -0.000000229. The van der Waals surface area contributed by atoms with Gasteiger partial charge in [-0.2, -0.15) is 0 Å². The van der Waals surface area contributed by atoms with Crippen LogP contribution in [0.3, 0.4) is 0 Å². The van der Waals surface area contributed by atoms with Crippen molar-refractivity contribution < 1.29 is 19.2 Å². The number of ketones is 4. The van der Waals surface area contributed by atoms with Gasteiger partial charge in [0.2, 0.25) is 0 Å². The molecular formula is C32H70N6O4. The highest BCUT2D eigenvalue weighted by Crippen LogP contribution is 2.05. The number of carbonyl (C=O) groups excluding carboxylic acids is 4. The molecule has 0 aliphatic rings. The van der Waals surface area contributed by atoms with Gasteiger partial charge in [0, 0.05) is 0 Å². The van der Waals surface area contributed by atoms with E-state index in [2.05, 4.69) is 13.8 Å². The second kappa shape index (κ2) is 35.6. The van der Waals surface area contributed by atoms with Crippen LogP contribution in [0.2, 0.25) is 0 Å². The number of rotatable bonds is 22. The maximum atomic E-state index is 10.7. The molecule has 42 heavy (non-hydrogen) atoms. The maximum Gasteiger partial charge on any atom is 0.146 e. The van der Waals surface area contributed by atoms with Gasteiger partial charge in [-0.25, -0.2) is 0 Å². The van der Waals surface area contributed by atoms with E-state index >= 15 is 0 Å². The lowest BCUT2D eigenvalue weighted by Gasteiger charge is -2.05. The summed E-state index contributed by atoms with van der Waals surface area (Å²) >= 11 is 0. The van der Waals surface area contributed by atoms with Crippen LogP contribution in [0.5, 0.6) is 0 Å². The van der Waals surface area contributed by atoms with Gasteiger partial charge in [-0.3, -0.25) is 19.2 Å². The molecule has 10 nitrogen and oxygen atoms in total. The molecule has 0 aromatic carbocycles. The monoisotopic (exact) mass is 603 g/mol. The zero-order chi connectivity index (χ0) is 33.3. The molecule has 0 aromatic heterocycles. The van der Waals surface area contributed by atoms with Gasteiger partial charge >= 0.3 is 0 Å². The van der Waals surface area contributed by atoms with Crippen molar-refractivity contribution in [3.63, 3.8) is 0 Å². The highest BCUT2D eigenvalue weighted by atomic mass is 16.1. The van der Waals surface area contributed by atoms with Crippen molar-refractivity contribution in [2.75, 3.05) is 13.1 Å². The first-order valence-electron chi connectivity index (χ1n) is 16.2. The molecule has 0 saturated carbocycles. The minimum absolute atomic E-state index is 0.0667. The van der Waals surface area contributed by atoms with Crippen LogP contribution in [-0.2, 0) is 19.2 Å². The maximum absolute atomic E-state index is 10.7. The van der Waals surface area contributed by atoms with Crippen molar-refractivity contribution in [3.8, 4) is 0 Å². The molecule has 0 aliphatic heterocycles. The van der Waals surface area contributed by atoms with E-state index in [0.717, 1.165) is 64.2 Å². The van der Waals surface area contributed by atoms with Crippen molar-refractivity contribution >= 4 is 23.1 Å². The molecule has 0 fully saturated rings. The summed E-state index contributed by atoms with van der Waals surface area (Å²) in [5, 5.41) is 0. The fourth-order valence-corrected chi connectivity index (χ4v) is 3.41. The Morgan fingerprint density at radius 1 is 0.405 bits per heavy atom. The van der Waals surface area contributed by atoms with Crippen molar-refractivity contribution in [1.29, 1.82) is 0 Å². The van der Waals surface area contributed by atoms with E-state index in [9.17, 15) is 19.2 Å². The summed E-state index contributed by atoms with van der Waals surface area (Å²) in [5.41, 5.74) is 32.6. The van der Waals surface area contributed by atoms with E-state index in [1.54, 1.807) is 13.8 Å². The summed E-state index contributed by atoms with van der Waals surface area (Å²) in [6.45, 7) is 11.9. The quantitative estimate of drug-likeness (QED) is 0.0982. The first-order valence-corrected chi connectivity index (χ1v) is 16.2. The number of nitrogens with two attached hydrogens (primary N) is 6. The topological polar surface area (TPSA) is 224 Å². The number of carbonyl (C=O) groups is 4. The lowest BCUT2D eigenvalue weighted by molar-refractivity contribution is -0.119. The van der Waals surface area contributed by atoms with Gasteiger partial charge < -0.3 is 34.4 Å². The summed E-state index contributed by atoms with van der Waals surface area (Å²) in [5.74, 6) is 0.358. The van der Waals surface area contributed by atoms with Crippen molar-refractivity contribution in [2.45, 2.75) is 168 Å². The molecule has 0 aromatic rings. The van der Waals surface area contributed by atoms with E-state index in [1.807, 2.05) is 0 Å². The van der Waals surface area contributed by atoms with Gasteiger partial charge in [-0.15, -0.1) is 0 Å². The zero-order valence-corrected chi connectivity index (χ0v) is 28.1. The largest absolute Gasteiger partial charge is 0.330 e. The Bertz CT molecular complexity index is 594. The summed E-state index contributed by atoms with van der Waals surface area (Å²) in [7, 11) is 0. The zero-order valence-electron chi connectivity index (χ0n) is 28.1. The van der Waals surface area contributed by atoms with Gasteiger partial charge in [-0.05, 0) is 79.3 Å². The van der Waals surface area contributed by atoms with E-state index in [-0.39, 0.29) is 47.3 Å². The second-order valence-electron chi connectivity index (χ2n) is 11.1. The Morgan fingerprint density at radius 3 is 0.786 bits per heavy atom. The molecular weight excluding hydrogens is 532 g/mol. The fourth-order valence-electron chi connectivity index (χ4n) is 3.41. The fraction of sp³-hybridized carbons (Fsp3) is 0.875. The molecule has 12 N–H and O–H groups in total. The van der Waals surface area contributed by atoms with E-state index in [0.29, 0.717) is 13.1 Å². The predicted octanol–water partition coefficient (Wildman–Crippen LogP) is 3.81. The molecule has 0 amide bonds. The lowest BCUT2D eigenvalue weighted by Crippen LogP contribution is -2.28. The smallest absolute Gasteiger partial charge is 0.146 e. The number of Topliss-reactive ketones (excluding diaryl/α,β-unsaturated/α-hetero) is 4. The van der Waals surface area contributed by atoms with Crippen LogP contribution in [0.15, 0.2) is 0 Å². The first kappa shape index (κ1) is 47.4. The van der Waals surface area contributed by atoms with Crippen LogP contribution in [0, 0.1) is 0 Å². The summed E-state index contributed by atoms with van der Waals surface area (Å²) in [6.07, 6.45) is 16.7. The normalized spacial score (nSPS) is 13.0. The van der Waals surface area contributed by atoms with E-state index in [1.165, 1.54) is 52.4 Å². The van der Waals surface area contributed by atoms with Crippen molar-refractivity contribution in [2.24, 2.45) is 34.4 Å². The van der Waals surface area contributed by atoms with Crippen LogP contribution in [-0.4, -0.2) is 60.4 Å². The average molecular weight is 603 g/mol. The van der Waals surface area contributed by atoms with Gasteiger partial charge in [0.05, 0.1) is 24.2 Å². The summed E-state index contributed by atoms with van der Waals surface area (Å²) < 4.78 is 0. The van der Waals surface area contributed by atoms with Crippen LogP contribution in [0.25, 0.3) is 0 Å². The van der Waals surface area contributed by atoms with E-state index in [4.69, 9.17) is 34.4 Å². The Kier molecular flexibility index (Phi) is 40.2. The molecule has 0 spiro atoms. The molecule has 0 unspecified atom stereocenters. The Hall–Kier alpha value is -1.56.